The third kappa shape index (κ3) is 1.81. The molecule has 2 rings (SSSR count). The summed E-state index contributed by atoms with van der Waals surface area (Å²) in [6.45, 7) is 0.907. The van der Waals surface area contributed by atoms with E-state index in [1.807, 2.05) is 0 Å². The third-order valence-electron chi connectivity index (χ3n) is 2.86. The minimum atomic E-state index is -1.13. The van der Waals surface area contributed by atoms with Crippen LogP contribution in [0.25, 0.3) is 0 Å². The van der Waals surface area contributed by atoms with Crippen LogP contribution in [0, 0.1) is 0 Å². The standard InChI is InChI=1S/C11H14N2O3/c12-8-4-7(9-2-1-3-13-9)10(14)5-6(8)11(15)16/h4-5,9,13-14H,1-3,12H2,(H,15,16)/t9-/m0/s1. The summed E-state index contributed by atoms with van der Waals surface area (Å²) in [6.07, 6.45) is 1.98. The second-order valence-corrected chi connectivity index (χ2v) is 3.95. The summed E-state index contributed by atoms with van der Waals surface area (Å²) < 4.78 is 0. The van der Waals surface area contributed by atoms with E-state index in [2.05, 4.69) is 5.32 Å². The second kappa shape index (κ2) is 4.02. The number of carboxylic acid groups (broad SMARTS) is 1. The molecule has 0 spiro atoms. The first-order valence-corrected chi connectivity index (χ1v) is 5.18. The van der Waals surface area contributed by atoms with E-state index in [0.29, 0.717) is 5.56 Å². The van der Waals surface area contributed by atoms with Gasteiger partial charge in [-0.25, -0.2) is 4.79 Å². The fraction of sp³-hybridized carbons (Fsp3) is 0.364. The largest absolute Gasteiger partial charge is 0.508 e. The lowest BCUT2D eigenvalue weighted by molar-refractivity contribution is 0.0697. The van der Waals surface area contributed by atoms with Crippen molar-refractivity contribution in [1.29, 1.82) is 0 Å². The number of nitrogen functional groups attached to an aromatic ring is 1. The average molecular weight is 222 g/mol. The van der Waals surface area contributed by atoms with E-state index in [0.717, 1.165) is 19.4 Å². The van der Waals surface area contributed by atoms with Crippen LogP contribution < -0.4 is 11.1 Å². The van der Waals surface area contributed by atoms with E-state index >= 15 is 0 Å². The number of phenolic OH excluding ortho intramolecular Hbond substituents is 1. The second-order valence-electron chi connectivity index (χ2n) is 3.95. The van der Waals surface area contributed by atoms with Crippen molar-refractivity contribution >= 4 is 11.7 Å². The Hall–Kier alpha value is -1.75. The smallest absolute Gasteiger partial charge is 0.337 e. The predicted octanol–water partition coefficient (Wildman–Crippen LogP) is 1.10. The van der Waals surface area contributed by atoms with Crippen molar-refractivity contribution in [2.45, 2.75) is 18.9 Å². The Morgan fingerprint density at radius 1 is 1.50 bits per heavy atom. The maximum absolute atomic E-state index is 10.8. The summed E-state index contributed by atoms with van der Waals surface area (Å²) in [7, 11) is 0. The molecule has 0 radical (unpaired) electrons. The van der Waals surface area contributed by atoms with E-state index in [1.54, 1.807) is 6.07 Å². The molecule has 1 aromatic carbocycles. The van der Waals surface area contributed by atoms with Gasteiger partial charge in [0.1, 0.15) is 5.75 Å². The van der Waals surface area contributed by atoms with Crippen LogP contribution in [-0.2, 0) is 0 Å². The Morgan fingerprint density at radius 2 is 2.25 bits per heavy atom. The van der Waals surface area contributed by atoms with Gasteiger partial charge in [0.25, 0.3) is 0 Å². The zero-order chi connectivity index (χ0) is 11.7. The molecule has 0 aliphatic carbocycles. The lowest BCUT2D eigenvalue weighted by Gasteiger charge is -2.14. The van der Waals surface area contributed by atoms with Gasteiger partial charge in [0.05, 0.1) is 5.56 Å². The summed E-state index contributed by atoms with van der Waals surface area (Å²) in [5.74, 6) is -1.13. The third-order valence-corrected chi connectivity index (χ3v) is 2.86. The number of benzene rings is 1. The highest BCUT2D eigenvalue weighted by molar-refractivity contribution is 5.94. The number of carbonyl (C=O) groups is 1. The first-order chi connectivity index (χ1) is 7.59. The Labute approximate surface area is 92.9 Å². The van der Waals surface area contributed by atoms with Gasteiger partial charge >= 0.3 is 5.97 Å². The molecule has 0 unspecified atom stereocenters. The van der Waals surface area contributed by atoms with E-state index in [-0.39, 0.29) is 23.0 Å². The molecule has 1 atom stereocenters. The summed E-state index contributed by atoms with van der Waals surface area (Å²) in [5.41, 5.74) is 6.45. The van der Waals surface area contributed by atoms with Gasteiger partial charge < -0.3 is 21.3 Å². The van der Waals surface area contributed by atoms with Gasteiger partial charge in [0.2, 0.25) is 0 Å². The number of hydrogen-bond donors (Lipinski definition) is 4. The molecule has 86 valence electrons. The van der Waals surface area contributed by atoms with Gasteiger partial charge in [-0.1, -0.05) is 0 Å². The maximum Gasteiger partial charge on any atom is 0.337 e. The molecule has 1 aromatic rings. The monoisotopic (exact) mass is 222 g/mol. The molecule has 5 nitrogen and oxygen atoms in total. The Bertz CT molecular complexity index is 425. The van der Waals surface area contributed by atoms with Crippen LogP contribution in [0.3, 0.4) is 0 Å². The summed E-state index contributed by atoms with van der Waals surface area (Å²) in [6, 6.07) is 2.83. The van der Waals surface area contributed by atoms with Crippen molar-refractivity contribution in [2.24, 2.45) is 0 Å². The summed E-state index contributed by atoms with van der Waals surface area (Å²) in [4.78, 5) is 10.8. The van der Waals surface area contributed by atoms with Gasteiger partial charge in [0, 0.05) is 17.3 Å². The van der Waals surface area contributed by atoms with Crippen LogP contribution in [0.1, 0.15) is 34.8 Å². The molecule has 0 amide bonds. The van der Waals surface area contributed by atoms with E-state index in [9.17, 15) is 9.90 Å². The molecule has 0 bridgehead atoms. The molecule has 1 heterocycles. The number of anilines is 1. The summed E-state index contributed by atoms with van der Waals surface area (Å²) in [5, 5.41) is 21.8. The summed E-state index contributed by atoms with van der Waals surface area (Å²) >= 11 is 0. The molecule has 0 aromatic heterocycles. The number of phenols is 1. The number of carboxylic acids is 1. The quantitative estimate of drug-likeness (QED) is 0.444. The number of aromatic carboxylic acids is 1. The minimum Gasteiger partial charge on any atom is -0.508 e. The molecule has 0 saturated carbocycles. The normalized spacial score (nSPS) is 19.9. The molecule has 5 heteroatoms. The van der Waals surface area contributed by atoms with Crippen molar-refractivity contribution in [2.75, 3.05) is 12.3 Å². The van der Waals surface area contributed by atoms with Gasteiger partial charge in [0.15, 0.2) is 0 Å². The zero-order valence-electron chi connectivity index (χ0n) is 8.73. The number of nitrogens with two attached hydrogens (primary N) is 1. The van der Waals surface area contributed by atoms with Crippen LogP contribution >= 0.6 is 0 Å². The Balaban J connectivity index is 2.40. The van der Waals surface area contributed by atoms with Gasteiger partial charge in [-0.15, -0.1) is 0 Å². The van der Waals surface area contributed by atoms with Crippen LogP contribution in [-0.4, -0.2) is 22.7 Å². The van der Waals surface area contributed by atoms with Crippen LogP contribution in [0.5, 0.6) is 5.75 Å². The minimum absolute atomic E-state index is 0.00833. The van der Waals surface area contributed by atoms with Crippen molar-refractivity contribution in [3.8, 4) is 5.75 Å². The number of aromatic hydroxyl groups is 1. The molecular formula is C11H14N2O3. The molecule has 1 fully saturated rings. The van der Waals surface area contributed by atoms with Crippen molar-refractivity contribution in [1.82, 2.24) is 5.32 Å². The molecule has 1 aliphatic heterocycles. The van der Waals surface area contributed by atoms with Crippen LogP contribution in [0.15, 0.2) is 12.1 Å². The van der Waals surface area contributed by atoms with E-state index in [1.165, 1.54) is 6.07 Å². The fourth-order valence-electron chi connectivity index (χ4n) is 2.04. The molecular weight excluding hydrogens is 208 g/mol. The van der Waals surface area contributed by atoms with Crippen molar-refractivity contribution < 1.29 is 15.0 Å². The highest BCUT2D eigenvalue weighted by atomic mass is 16.4. The highest BCUT2D eigenvalue weighted by Crippen LogP contribution is 2.33. The lowest BCUT2D eigenvalue weighted by atomic mass is 10.0. The highest BCUT2D eigenvalue weighted by Gasteiger charge is 2.21. The van der Waals surface area contributed by atoms with Crippen molar-refractivity contribution in [3.63, 3.8) is 0 Å². The van der Waals surface area contributed by atoms with Gasteiger partial charge in [-0.3, -0.25) is 0 Å². The first-order valence-electron chi connectivity index (χ1n) is 5.18. The SMILES string of the molecule is Nc1cc([C@@H]2CCCN2)c(O)cc1C(=O)O. The number of hydrogen-bond acceptors (Lipinski definition) is 4. The number of rotatable bonds is 2. The van der Waals surface area contributed by atoms with E-state index < -0.39 is 5.97 Å². The van der Waals surface area contributed by atoms with Crippen molar-refractivity contribution in [3.05, 3.63) is 23.3 Å². The predicted molar refractivity (Wildman–Crippen MR) is 59.5 cm³/mol. The number of nitrogens with one attached hydrogen (secondary N) is 1. The fourth-order valence-corrected chi connectivity index (χ4v) is 2.04. The average Bonchev–Trinajstić information content (AvgIpc) is 2.73. The first kappa shape index (κ1) is 10.8. The molecule has 5 N–H and O–H groups in total. The molecule has 1 saturated heterocycles. The molecule has 16 heavy (non-hydrogen) atoms. The molecule has 1 aliphatic rings. The lowest BCUT2D eigenvalue weighted by Crippen LogP contribution is -2.14. The maximum atomic E-state index is 10.8. The van der Waals surface area contributed by atoms with Gasteiger partial charge in [-0.05, 0) is 31.5 Å². The van der Waals surface area contributed by atoms with Gasteiger partial charge in [-0.2, -0.15) is 0 Å². The van der Waals surface area contributed by atoms with E-state index in [4.69, 9.17) is 10.8 Å². The van der Waals surface area contributed by atoms with Crippen LogP contribution in [0.2, 0.25) is 0 Å². The Morgan fingerprint density at radius 3 is 2.81 bits per heavy atom. The Kier molecular flexibility index (Phi) is 2.70. The van der Waals surface area contributed by atoms with Crippen LogP contribution in [0.4, 0.5) is 5.69 Å². The zero-order valence-corrected chi connectivity index (χ0v) is 8.73. The topological polar surface area (TPSA) is 95.6 Å².